The minimum atomic E-state index is 0.454. The molecule has 2 fully saturated rings. The predicted molar refractivity (Wildman–Crippen MR) is 68.4 cm³/mol. The van der Waals surface area contributed by atoms with Crippen molar-refractivity contribution in [3.8, 4) is 0 Å². The summed E-state index contributed by atoms with van der Waals surface area (Å²) in [7, 11) is 2.21. The Bertz CT molecular complexity index is 211. The predicted octanol–water partition coefficient (Wildman–Crippen LogP) is 0.997. The summed E-state index contributed by atoms with van der Waals surface area (Å²) >= 11 is 0. The quantitative estimate of drug-likeness (QED) is 0.761. The molecule has 0 amide bonds. The third-order valence-electron chi connectivity index (χ3n) is 4.39. The second-order valence-corrected chi connectivity index (χ2v) is 5.95. The fourth-order valence-electron chi connectivity index (χ4n) is 3.09. The molecule has 0 aromatic heterocycles. The molecule has 16 heavy (non-hydrogen) atoms. The smallest absolute Gasteiger partial charge is 0.0110 e. The largest absolute Gasteiger partial charge is 0.327 e. The van der Waals surface area contributed by atoms with Gasteiger partial charge < -0.3 is 15.5 Å². The Morgan fingerprint density at radius 3 is 2.50 bits per heavy atom. The van der Waals surface area contributed by atoms with Gasteiger partial charge in [-0.05, 0) is 38.1 Å². The summed E-state index contributed by atoms with van der Waals surface area (Å²) < 4.78 is 0. The lowest BCUT2D eigenvalue weighted by Gasteiger charge is -2.39. The highest BCUT2D eigenvalue weighted by molar-refractivity contribution is 4.84. The van der Waals surface area contributed by atoms with Crippen molar-refractivity contribution in [3.63, 3.8) is 0 Å². The van der Waals surface area contributed by atoms with Crippen LogP contribution in [0.25, 0.3) is 0 Å². The minimum Gasteiger partial charge on any atom is -0.327 e. The van der Waals surface area contributed by atoms with Gasteiger partial charge in [0.25, 0.3) is 0 Å². The maximum absolute atomic E-state index is 6.25. The molecule has 0 bridgehead atoms. The molecule has 2 N–H and O–H groups in total. The van der Waals surface area contributed by atoms with E-state index in [0.29, 0.717) is 6.04 Å². The highest BCUT2D eigenvalue weighted by atomic mass is 15.2. The first-order valence-electron chi connectivity index (χ1n) is 6.81. The SMILES string of the molecule is CC1CCC(N)C(CN2CCN(C)CC2)C1. The van der Waals surface area contributed by atoms with Gasteiger partial charge in [-0.25, -0.2) is 0 Å². The molecule has 0 spiro atoms. The normalized spacial score (nSPS) is 38.8. The third kappa shape index (κ3) is 3.19. The molecule has 1 saturated heterocycles. The molecule has 2 rings (SSSR count). The Kier molecular flexibility index (Phi) is 4.22. The molecular weight excluding hydrogens is 198 g/mol. The van der Waals surface area contributed by atoms with E-state index in [1.807, 2.05) is 0 Å². The summed E-state index contributed by atoms with van der Waals surface area (Å²) in [6, 6.07) is 0.454. The van der Waals surface area contributed by atoms with Crippen LogP contribution in [0.15, 0.2) is 0 Å². The zero-order valence-electron chi connectivity index (χ0n) is 10.9. The first kappa shape index (κ1) is 12.3. The van der Waals surface area contributed by atoms with Gasteiger partial charge in [0.2, 0.25) is 0 Å². The monoisotopic (exact) mass is 225 g/mol. The van der Waals surface area contributed by atoms with E-state index >= 15 is 0 Å². The number of rotatable bonds is 2. The fourth-order valence-corrected chi connectivity index (χ4v) is 3.09. The molecule has 3 nitrogen and oxygen atoms in total. The van der Waals surface area contributed by atoms with Crippen LogP contribution in [0, 0.1) is 11.8 Å². The summed E-state index contributed by atoms with van der Waals surface area (Å²) in [6.45, 7) is 8.51. The van der Waals surface area contributed by atoms with Crippen LogP contribution in [0.2, 0.25) is 0 Å². The minimum absolute atomic E-state index is 0.454. The van der Waals surface area contributed by atoms with Gasteiger partial charge >= 0.3 is 0 Å². The molecule has 1 aliphatic carbocycles. The van der Waals surface area contributed by atoms with Crippen LogP contribution in [0.3, 0.4) is 0 Å². The molecule has 1 heterocycles. The molecule has 0 radical (unpaired) electrons. The Morgan fingerprint density at radius 2 is 1.81 bits per heavy atom. The second-order valence-electron chi connectivity index (χ2n) is 5.95. The number of piperazine rings is 1. The summed E-state index contributed by atoms with van der Waals surface area (Å²) in [4.78, 5) is 5.03. The topological polar surface area (TPSA) is 32.5 Å². The van der Waals surface area contributed by atoms with Gasteiger partial charge in [-0.2, -0.15) is 0 Å². The second kappa shape index (κ2) is 5.48. The number of nitrogens with zero attached hydrogens (tertiary/aromatic N) is 2. The average molecular weight is 225 g/mol. The van der Waals surface area contributed by atoms with Crippen LogP contribution in [-0.2, 0) is 0 Å². The van der Waals surface area contributed by atoms with Gasteiger partial charge in [0.15, 0.2) is 0 Å². The maximum Gasteiger partial charge on any atom is 0.0110 e. The highest BCUT2D eigenvalue weighted by Gasteiger charge is 2.28. The van der Waals surface area contributed by atoms with E-state index in [2.05, 4.69) is 23.8 Å². The molecule has 0 aromatic rings. The molecule has 3 unspecified atom stereocenters. The van der Waals surface area contributed by atoms with E-state index in [1.54, 1.807) is 0 Å². The summed E-state index contributed by atoms with van der Waals surface area (Å²) in [5.74, 6) is 1.63. The van der Waals surface area contributed by atoms with Crippen molar-refractivity contribution in [2.24, 2.45) is 17.6 Å². The van der Waals surface area contributed by atoms with Gasteiger partial charge in [-0.1, -0.05) is 6.92 Å². The molecule has 3 heteroatoms. The van der Waals surface area contributed by atoms with Crippen molar-refractivity contribution >= 4 is 0 Å². The average Bonchev–Trinajstić information content (AvgIpc) is 2.27. The zero-order valence-corrected chi connectivity index (χ0v) is 10.9. The summed E-state index contributed by atoms with van der Waals surface area (Å²) in [5, 5.41) is 0. The highest BCUT2D eigenvalue weighted by Crippen LogP contribution is 2.28. The van der Waals surface area contributed by atoms with Crippen LogP contribution >= 0.6 is 0 Å². The van der Waals surface area contributed by atoms with Crippen molar-refractivity contribution < 1.29 is 0 Å². The molecule has 3 atom stereocenters. The number of hydrogen-bond acceptors (Lipinski definition) is 3. The molecular formula is C13H27N3. The van der Waals surface area contributed by atoms with E-state index in [0.717, 1.165) is 11.8 Å². The van der Waals surface area contributed by atoms with Crippen molar-refractivity contribution in [2.45, 2.75) is 32.2 Å². The zero-order chi connectivity index (χ0) is 11.5. The van der Waals surface area contributed by atoms with Crippen LogP contribution in [0.1, 0.15) is 26.2 Å². The van der Waals surface area contributed by atoms with Crippen LogP contribution in [0.5, 0.6) is 0 Å². The fraction of sp³-hybridized carbons (Fsp3) is 1.00. The van der Waals surface area contributed by atoms with Crippen molar-refractivity contribution in [2.75, 3.05) is 39.8 Å². The standard InChI is InChI=1S/C13H27N3/c1-11-3-4-13(14)12(9-11)10-16-7-5-15(2)6-8-16/h11-13H,3-10,14H2,1-2H3. The van der Waals surface area contributed by atoms with E-state index in [4.69, 9.17) is 5.73 Å². The lowest BCUT2D eigenvalue weighted by molar-refractivity contribution is 0.110. The van der Waals surface area contributed by atoms with Gasteiger partial charge in [0, 0.05) is 38.8 Å². The Balaban J connectivity index is 1.79. The van der Waals surface area contributed by atoms with E-state index in [1.165, 1.54) is 52.0 Å². The first-order valence-corrected chi connectivity index (χ1v) is 6.81. The lowest BCUT2D eigenvalue weighted by atomic mass is 9.79. The van der Waals surface area contributed by atoms with Crippen molar-refractivity contribution in [3.05, 3.63) is 0 Å². The van der Waals surface area contributed by atoms with Gasteiger partial charge in [0.05, 0.1) is 0 Å². The van der Waals surface area contributed by atoms with E-state index in [9.17, 15) is 0 Å². The van der Waals surface area contributed by atoms with Crippen molar-refractivity contribution in [1.29, 1.82) is 0 Å². The Morgan fingerprint density at radius 1 is 1.12 bits per heavy atom. The first-order chi connectivity index (χ1) is 7.65. The van der Waals surface area contributed by atoms with Gasteiger partial charge in [-0.15, -0.1) is 0 Å². The van der Waals surface area contributed by atoms with E-state index < -0.39 is 0 Å². The number of likely N-dealkylation sites (N-methyl/N-ethyl adjacent to an activating group) is 1. The summed E-state index contributed by atoms with van der Waals surface area (Å²) in [6.07, 6.45) is 3.91. The molecule has 1 aliphatic heterocycles. The Hall–Kier alpha value is -0.120. The van der Waals surface area contributed by atoms with Crippen molar-refractivity contribution in [1.82, 2.24) is 9.80 Å². The molecule has 2 aliphatic rings. The summed E-state index contributed by atoms with van der Waals surface area (Å²) in [5.41, 5.74) is 6.25. The number of nitrogens with two attached hydrogens (primary N) is 1. The van der Waals surface area contributed by atoms with Crippen LogP contribution < -0.4 is 5.73 Å². The van der Waals surface area contributed by atoms with E-state index in [-0.39, 0.29) is 0 Å². The van der Waals surface area contributed by atoms with Gasteiger partial charge in [-0.3, -0.25) is 0 Å². The van der Waals surface area contributed by atoms with Crippen LogP contribution in [-0.4, -0.2) is 55.6 Å². The molecule has 0 aromatic carbocycles. The molecule has 94 valence electrons. The third-order valence-corrected chi connectivity index (χ3v) is 4.39. The van der Waals surface area contributed by atoms with Gasteiger partial charge in [0.1, 0.15) is 0 Å². The molecule has 1 saturated carbocycles. The van der Waals surface area contributed by atoms with Crippen LogP contribution in [0.4, 0.5) is 0 Å². The Labute approximate surface area is 100.0 Å². The number of hydrogen-bond donors (Lipinski definition) is 1. The maximum atomic E-state index is 6.25. The lowest BCUT2D eigenvalue weighted by Crippen LogP contribution is -2.49.